The molecule has 29 valence electrons. The SMILES string of the molecule is [Co].[Fe].[Mn].[V]. The van der Waals surface area contributed by atoms with Gasteiger partial charge in [-0.25, -0.2) is 0 Å². The van der Waals surface area contributed by atoms with Gasteiger partial charge in [0.15, 0.2) is 0 Å². The van der Waals surface area contributed by atoms with Gasteiger partial charge in [0.1, 0.15) is 0 Å². The minimum atomic E-state index is 0. The normalized spacial score (nSPS) is 0. The van der Waals surface area contributed by atoms with E-state index in [0.717, 1.165) is 0 Å². The van der Waals surface area contributed by atoms with Crippen LogP contribution in [0.3, 0.4) is 0 Å². The summed E-state index contributed by atoms with van der Waals surface area (Å²) in [4.78, 5) is 0. The predicted molar refractivity (Wildman–Crippen MR) is 0 cm³/mol. The fourth-order valence-electron chi connectivity index (χ4n) is 0. The van der Waals surface area contributed by atoms with Crippen LogP contribution >= 0.6 is 0 Å². The third-order valence-electron chi connectivity index (χ3n) is 0. The van der Waals surface area contributed by atoms with Crippen molar-refractivity contribution in [1.29, 1.82) is 0 Å². The van der Waals surface area contributed by atoms with E-state index >= 15 is 0 Å². The molecule has 0 aliphatic carbocycles. The molecule has 0 fully saturated rings. The number of hydrogen-bond acceptors (Lipinski definition) is 0. The molecule has 0 N–H and O–H groups in total. The van der Waals surface area contributed by atoms with E-state index in [4.69, 9.17) is 0 Å². The van der Waals surface area contributed by atoms with Crippen LogP contribution in [-0.2, 0) is 69.5 Å². The molecule has 0 aromatic heterocycles. The summed E-state index contributed by atoms with van der Waals surface area (Å²) < 4.78 is 0. The molecule has 0 atom stereocenters. The molecule has 0 aliphatic heterocycles. The third-order valence-corrected chi connectivity index (χ3v) is 0. The Morgan fingerprint density at radius 1 is 1.00 bits per heavy atom. The van der Waals surface area contributed by atoms with E-state index in [0.29, 0.717) is 0 Å². The van der Waals surface area contributed by atoms with E-state index in [1.165, 1.54) is 0 Å². The Morgan fingerprint density at radius 2 is 1.00 bits per heavy atom. The number of hydrogen-bond donors (Lipinski definition) is 0. The van der Waals surface area contributed by atoms with Gasteiger partial charge < -0.3 is 0 Å². The molecule has 0 aromatic rings. The molecular weight excluding hydrogens is 221 g/mol. The van der Waals surface area contributed by atoms with Gasteiger partial charge in [-0.1, -0.05) is 0 Å². The Labute approximate surface area is 68.9 Å². The first kappa shape index (κ1) is 35.6. The van der Waals surface area contributed by atoms with Gasteiger partial charge in [-0.3, -0.25) is 0 Å². The molecule has 3 radical (unpaired) electrons. The topological polar surface area (TPSA) is 0 Å². The minimum absolute atomic E-state index is 0. The molecule has 0 nitrogen and oxygen atoms in total. The van der Waals surface area contributed by atoms with E-state index in [-0.39, 0.29) is 69.5 Å². The Balaban J connectivity index is 0. The van der Waals surface area contributed by atoms with Gasteiger partial charge >= 0.3 is 0 Å². The minimum Gasteiger partial charge on any atom is 0 e. The quantitative estimate of drug-likeness (QED) is 0.504. The summed E-state index contributed by atoms with van der Waals surface area (Å²) in [6, 6.07) is 0. The van der Waals surface area contributed by atoms with Crippen molar-refractivity contribution in [2.24, 2.45) is 0 Å². The zero-order valence-corrected chi connectivity index (χ0v) is 6.23. The Bertz CT molecular complexity index is 8.00. The summed E-state index contributed by atoms with van der Waals surface area (Å²) >= 11 is 0. The summed E-state index contributed by atoms with van der Waals surface area (Å²) in [5.41, 5.74) is 0. The van der Waals surface area contributed by atoms with Crippen molar-refractivity contribution in [1.82, 2.24) is 0 Å². The molecular formula is CoFeMnV. The standard InChI is InChI=1S/Co.Fe.Mn.V. The van der Waals surface area contributed by atoms with Crippen molar-refractivity contribution < 1.29 is 69.5 Å². The van der Waals surface area contributed by atoms with Gasteiger partial charge in [0.05, 0.1) is 0 Å². The molecule has 0 amide bonds. The fraction of sp³-hybridized carbons (Fsp3) is 0. The van der Waals surface area contributed by atoms with Crippen molar-refractivity contribution in [2.75, 3.05) is 0 Å². The van der Waals surface area contributed by atoms with E-state index in [1.807, 2.05) is 0 Å². The largest absolute Gasteiger partial charge is 0 e. The zero-order valence-electron chi connectivity index (χ0n) is 1.51. The third kappa shape index (κ3) is 8.92. The Hall–Kier alpha value is 2.13. The maximum Gasteiger partial charge on any atom is 0 e. The van der Waals surface area contributed by atoms with Crippen LogP contribution in [-0.4, -0.2) is 0 Å². The van der Waals surface area contributed by atoms with Crippen LogP contribution in [0.5, 0.6) is 0 Å². The maximum absolute atomic E-state index is 0. The fourth-order valence-corrected chi connectivity index (χ4v) is 0. The van der Waals surface area contributed by atoms with Gasteiger partial charge in [-0.05, 0) is 0 Å². The van der Waals surface area contributed by atoms with Crippen LogP contribution in [0.2, 0.25) is 0 Å². The summed E-state index contributed by atoms with van der Waals surface area (Å²) in [6.07, 6.45) is 0. The molecule has 0 unspecified atom stereocenters. The first-order valence-electron chi connectivity index (χ1n) is 0. The molecule has 4 heavy (non-hydrogen) atoms. The number of rotatable bonds is 0. The molecule has 0 spiro atoms. The van der Waals surface area contributed by atoms with E-state index in [1.54, 1.807) is 0 Å². The van der Waals surface area contributed by atoms with Gasteiger partial charge in [0, 0.05) is 69.5 Å². The van der Waals surface area contributed by atoms with Gasteiger partial charge in [-0.2, -0.15) is 0 Å². The molecule has 4 heteroatoms. The van der Waals surface area contributed by atoms with E-state index in [9.17, 15) is 0 Å². The van der Waals surface area contributed by atoms with Crippen molar-refractivity contribution in [3.05, 3.63) is 0 Å². The van der Waals surface area contributed by atoms with Crippen molar-refractivity contribution in [3.63, 3.8) is 0 Å². The molecule has 0 aliphatic rings. The second-order valence-corrected chi connectivity index (χ2v) is 0. The summed E-state index contributed by atoms with van der Waals surface area (Å²) in [5, 5.41) is 0. The average molecular weight is 221 g/mol. The molecule has 0 rings (SSSR count). The van der Waals surface area contributed by atoms with Gasteiger partial charge in [-0.15, -0.1) is 0 Å². The molecule has 0 saturated heterocycles. The summed E-state index contributed by atoms with van der Waals surface area (Å²) in [7, 11) is 0. The maximum atomic E-state index is 0. The summed E-state index contributed by atoms with van der Waals surface area (Å²) in [5.74, 6) is 0. The van der Waals surface area contributed by atoms with Crippen LogP contribution in [0.4, 0.5) is 0 Å². The molecule has 0 heterocycles. The van der Waals surface area contributed by atoms with Crippen LogP contribution in [0.1, 0.15) is 0 Å². The van der Waals surface area contributed by atoms with Crippen LogP contribution in [0, 0.1) is 0 Å². The van der Waals surface area contributed by atoms with Gasteiger partial charge in [0.2, 0.25) is 0 Å². The Morgan fingerprint density at radius 3 is 1.00 bits per heavy atom. The zero-order chi connectivity index (χ0) is 0. The van der Waals surface area contributed by atoms with Crippen molar-refractivity contribution in [2.45, 2.75) is 0 Å². The second kappa shape index (κ2) is 19.3. The van der Waals surface area contributed by atoms with Gasteiger partial charge in [0.25, 0.3) is 0 Å². The van der Waals surface area contributed by atoms with Crippen molar-refractivity contribution >= 4 is 0 Å². The smallest absolute Gasteiger partial charge is 0 e. The van der Waals surface area contributed by atoms with Crippen LogP contribution in [0.15, 0.2) is 0 Å². The van der Waals surface area contributed by atoms with Crippen LogP contribution in [0.25, 0.3) is 0 Å². The van der Waals surface area contributed by atoms with E-state index < -0.39 is 0 Å². The molecule has 0 bridgehead atoms. The average Bonchev–Trinajstić information content (AvgIpc) is 0. The first-order chi connectivity index (χ1) is 0. The molecule has 0 aromatic carbocycles. The Kier molecular flexibility index (Phi) is 171. The van der Waals surface area contributed by atoms with E-state index in [2.05, 4.69) is 0 Å². The van der Waals surface area contributed by atoms with Crippen molar-refractivity contribution in [3.8, 4) is 0 Å². The second-order valence-electron chi connectivity index (χ2n) is 0. The molecule has 0 saturated carbocycles. The van der Waals surface area contributed by atoms with Crippen LogP contribution < -0.4 is 0 Å². The summed E-state index contributed by atoms with van der Waals surface area (Å²) in [6.45, 7) is 0. The predicted octanol–water partition coefficient (Wildman–Crippen LogP) is -0.0100. The first-order valence-corrected chi connectivity index (χ1v) is 0. The monoisotopic (exact) mass is 221 g/mol.